The lowest BCUT2D eigenvalue weighted by Gasteiger charge is -2.27. The first-order valence-corrected chi connectivity index (χ1v) is 14.2. The summed E-state index contributed by atoms with van der Waals surface area (Å²) in [5.41, 5.74) is 2.12. The molecular weight excluding hydrogens is 621 g/mol. The maximum atomic E-state index is 13.4. The van der Waals surface area contributed by atoms with Gasteiger partial charge in [0, 0.05) is 26.9 Å². The molecule has 1 aromatic heterocycles. The lowest BCUT2D eigenvalue weighted by molar-refractivity contribution is -0.120. The largest absolute Gasteiger partial charge is 0.495 e. The van der Waals surface area contributed by atoms with Crippen molar-refractivity contribution in [1.82, 2.24) is 10.3 Å². The number of nitrogens with one attached hydrogen (secondary N) is 2. The fraction of sp³-hybridized carbons (Fsp3) is 0.179. The van der Waals surface area contributed by atoms with Crippen molar-refractivity contribution >= 4 is 62.5 Å². The maximum absolute atomic E-state index is 13.4. The Morgan fingerprint density at radius 1 is 1.05 bits per heavy atom. The summed E-state index contributed by atoms with van der Waals surface area (Å²) in [6, 6.07) is 24.8. The maximum Gasteiger partial charge on any atom is 0.252 e. The van der Waals surface area contributed by atoms with Crippen molar-refractivity contribution < 1.29 is 14.3 Å². The van der Waals surface area contributed by atoms with Gasteiger partial charge in [-0.2, -0.15) is 0 Å². The third-order valence-electron chi connectivity index (χ3n) is 5.74. The van der Waals surface area contributed by atoms with Gasteiger partial charge < -0.3 is 10.1 Å². The first kappa shape index (κ1) is 27.1. The van der Waals surface area contributed by atoms with E-state index in [1.807, 2.05) is 48.5 Å². The van der Waals surface area contributed by atoms with Gasteiger partial charge in [-0.25, -0.2) is 4.98 Å². The summed E-state index contributed by atoms with van der Waals surface area (Å²) in [7, 11) is 1.51. The number of halogens is 2. The van der Waals surface area contributed by atoms with Crippen molar-refractivity contribution in [2.75, 3.05) is 16.9 Å². The summed E-state index contributed by atoms with van der Waals surface area (Å²) >= 11 is 9.71. The van der Waals surface area contributed by atoms with Crippen molar-refractivity contribution in [3.05, 3.63) is 99.9 Å². The summed E-state index contributed by atoms with van der Waals surface area (Å²) in [6.45, 7) is 1.69. The fourth-order valence-electron chi connectivity index (χ4n) is 3.64. The molecule has 1 atom stereocenters. The van der Waals surface area contributed by atoms with E-state index < -0.39 is 11.4 Å². The highest BCUT2D eigenvalue weighted by Gasteiger charge is 2.35. The Morgan fingerprint density at radius 3 is 2.35 bits per heavy atom. The number of carbonyl (C=O) groups excluding carboxylic acids is 2. The van der Waals surface area contributed by atoms with E-state index in [1.54, 1.807) is 19.1 Å². The second kappa shape index (κ2) is 12.1. The highest BCUT2D eigenvalue weighted by atomic mass is 127. The molecule has 1 heterocycles. The topological polar surface area (TPSA) is 80.3 Å². The molecule has 0 fully saturated rings. The summed E-state index contributed by atoms with van der Waals surface area (Å²) in [5.74, 6) is -0.292. The standard InChI is InChI=1S/C28H25ClIN3O3S/c1-28(17-30,33-25(34)20-13-14-22(36-2)21(29)16-20)26(35)32-27-31-24(19-11-7-4-8-12-19)23(37-27)15-18-9-5-3-6-10-18/h3-14,16H,15,17H2,1-2H3,(H,33,34)(H,31,32,35). The molecule has 2 amide bonds. The number of anilines is 1. The van der Waals surface area contributed by atoms with Gasteiger partial charge >= 0.3 is 0 Å². The van der Waals surface area contributed by atoms with Crippen LogP contribution >= 0.6 is 45.5 Å². The Labute approximate surface area is 238 Å². The molecule has 190 valence electrons. The van der Waals surface area contributed by atoms with E-state index in [1.165, 1.54) is 24.5 Å². The molecule has 0 bridgehead atoms. The predicted molar refractivity (Wildman–Crippen MR) is 158 cm³/mol. The summed E-state index contributed by atoms with van der Waals surface area (Å²) in [6.07, 6.45) is 0.692. The number of hydrogen-bond acceptors (Lipinski definition) is 5. The van der Waals surface area contributed by atoms with Crippen molar-refractivity contribution in [2.45, 2.75) is 18.9 Å². The first-order valence-electron chi connectivity index (χ1n) is 11.5. The highest BCUT2D eigenvalue weighted by Crippen LogP contribution is 2.33. The highest BCUT2D eigenvalue weighted by molar-refractivity contribution is 14.1. The van der Waals surface area contributed by atoms with E-state index in [4.69, 9.17) is 21.3 Å². The van der Waals surface area contributed by atoms with Gasteiger partial charge in [0.15, 0.2) is 5.13 Å². The lowest BCUT2D eigenvalue weighted by atomic mass is 10.0. The van der Waals surface area contributed by atoms with Crippen LogP contribution in [0.1, 0.15) is 27.7 Å². The van der Waals surface area contributed by atoms with E-state index in [-0.39, 0.29) is 5.91 Å². The van der Waals surface area contributed by atoms with Crippen LogP contribution in [0.15, 0.2) is 78.9 Å². The number of thiazole rings is 1. The van der Waals surface area contributed by atoms with Crippen LogP contribution in [0.2, 0.25) is 5.02 Å². The number of hydrogen-bond donors (Lipinski definition) is 2. The minimum absolute atomic E-state index is 0.318. The third kappa shape index (κ3) is 6.49. The van der Waals surface area contributed by atoms with Crippen LogP contribution in [0, 0.1) is 0 Å². The number of aromatic nitrogens is 1. The van der Waals surface area contributed by atoms with Crippen LogP contribution < -0.4 is 15.4 Å². The van der Waals surface area contributed by atoms with E-state index >= 15 is 0 Å². The zero-order valence-corrected chi connectivity index (χ0v) is 24.0. The molecule has 0 aliphatic heterocycles. The molecule has 4 rings (SSSR count). The number of benzene rings is 3. The monoisotopic (exact) mass is 645 g/mol. The number of carbonyl (C=O) groups is 2. The molecular formula is C28H25ClIN3O3S. The average molecular weight is 646 g/mol. The van der Waals surface area contributed by atoms with E-state index in [0.717, 1.165) is 21.7 Å². The molecule has 0 aliphatic rings. The van der Waals surface area contributed by atoms with Gasteiger partial charge in [0.1, 0.15) is 11.3 Å². The Morgan fingerprint density at radius 2 is 1.73 bits per heavy atom. The summed E-state index contributed by atoms with van der Waals surface area (Å²) in [5, 5.41) is 6.59. The Hall–Kier alpha value is -2.95. The summed E-state index contributed by atoms with van der Waals surface area (Å²) in [4.78, 5) is 32.2. The second-order valence-corrected chi connectivity index (χ2v) is 10.8. The van der Waals surface area contributed by atoms with Gasteiger partial charge in [-0.05, 0) is 30.7 Å². The van der Waals surface area contributed by atoms with Crippen LogP contribution in [0.3, 0.4) is 0 Å². The zero-order valence-electron chi connectivity index (χ0n) is 20.3. The number of methoxy groups -OCH3 is 1. The average Bonchev–Trinajstić information content (AvgIpc) is 3.31. The SMILES string of the molecule is COc1ccc(C(=O)NC(C)(CI)C(=O)Nc2nc(-c3ccccc3)c(Cc3ccccc3)s2)cc1Cl. The molecule has 0 aliphatic carbocycles. The van der Waals surface area contributed by atoms with Gasteiger partial charge in [-0.1, -0.05) is 94.9 Å². The van der Waals surface area contributed by atoms with Gasteiger partial charge in [-0.3, -0.25) is 14.9 Å². The van der Waals surface area contributed by atoms with Crippen LogP contribution in [-0.4, -0.2) is 33.9 Å². The van der Waals surface area contributed by atoms with Gasteiger partial charge in [0.25, 0.3) is 11.8 Å². The molecule has 9 heteroatoms. The molecule has 3 aromatic carbocycles. The smallest absolute Gasteiger partial charge is 0.252 e. The molecule has 6 nitrogen and oxygen atoms in total. The van der Waals surface area contributed by atoms with Crippen molar-refractivity contribution in [3.8, 4) is 17.0 Å². The van der Waals surface area contributed by atoms with Gasteiger partial charge in [0.2, 0.25) is 0 Å². The van der Waals surface area contributed by atoms with E-state index in [0.29, 0.717) is 32.3 Å². The normalized spacial score (nSPS) is 12.4. The van der Waals surface area contributed by atoms with Gasteiger partial charge in [0.05, 0.1) is 17.8 Å². The quantitative estimate of drug-likeness (QED) is 0.158. The number of alkyl halides is 1. The van der Waals surface area contributed by atoms with Crippen molar-refractivity contribution in [3.63, 3.8) is 0 Å². The Balaban J connectivity index is 1.56. The van der Waals surface area contributed by atoms with Crippen molar-refractivity contribution in [2.24, 2.45) is 0 Å². The van der Waals surface area contributed by atoms with Crippen LogP contribution in [0.5, 0.6) is 5.75 Å². The number of amides is 2. The first-order chi connectivity index (χ1) is 17.8. The number of rotatable bonds is 9. The number of ether oxygens (including phenoxy) is 1. The minimum Gasteiger partial charge on any atom is -0.495 e. The lowest BCUT2D eigenvalue weighted by Crippen LogP contribution is -2.56. The van der Waals surface area contributed by atoms with Gasteiger partial charge in [-0.15, -0.1) is 11.3 Å². The van der Waals surface area contributed by atoms with Crippen LogP contribution in [0.25, 0.3) is 11.3 Å². The van der Waals surface area contributed by atoms with Crippen molar-refractivity contribution in [1.29, 1.82) is 0 Å². The second-order valence-electron chi connectivity index (χ2n) is 8.54. The van der Waals surface area contributed by atoms with E-state index in [9.17, 15) is 9.59 Å². The molecule has 0 radical (unpaired) electrons. The number of nitrogens with zero attached hydrogens (tertiary/aromatic N) is 1. The minimum atomic E-state index is -1.18. The molecule has 37 heavy (non-hydrogen) atoms. The molecule has 0 saturated heterocycles. The molecule has 2 N–H and O–H groups in total. The Kier molecular flexibility index (Phi) is 8.83. The zero-order chi connectivity index (χ0) is 26.4. The molecule has 0 saturated carbocycles. The van der Waals surface area contributed by atoms with Crippen LogP contribution in [-0.2, 0) is 11.2 Å². The third-order valence-corrected chi connectivity index (χ3v) is 8.54. The van der Waals surface area contributed by atoms with E-state index in [2.05, 4.69) is 45.4 Å². The molecule has 4 aromatic rings. The predicted octanol–water partition coefficient (Wildman–Crippen LogP) is 6.63. The summed E-state index contributed by atoms with van der Waals surface area (Å²) < 4.78 is 5.50. The molecule has 1 unspecified atom stereocenters. The van der Waals surface area contributed by atoms with Crippen LogP contribution in [0.4, 0.5) is 5.13 Å². The fourth-order valence-corrected chi connectivity index (χ4v) is 5.45. The molecule has 0 spiro atoms. The Bertz CT molecular complexity index is 1400.